The maximum atomic E-state index is 12.6. The van der Waals surface area contributed by atoms with Crippen molar-refractivity contribution in [3.8, 4) is 0 Å². The number of benzene rings is 1. The number of hydrogen-bond acceptors (Lipinski definition) is 1. The lowest BCUT2D eigenvalue weighted by Crippen LogP contribution is -2.17. The lowest BCUT2D eigenvalue weighted by molar-refractivity contribution is -0.137. The second-order valence-electron chi connectivity index (χ2n) is 5.00. The van der Waals surface area contributed by atoms with Gasteiger partial charge < -0.3 is 5.73 Å². The number of aryl methyl sites for hydroxylation is 1. The van der Waals surface area contributed by atoms with Crippen molar-refractivity contribution in [2.75, 3.05) is 5.73 Å². The number of alkyl halides is 3. The van der Waals surface area contributed by atoms with Gasteiger partial charge in [0.1, 0.15) is 0 Å². The fraction of sp³-hybridized carbons (Fsp3) is 0.500. The average molecular weight is 231 g/mol. The van der Waals surface area contributed by atoms with E-state index in [4.69, 9.17) is 5.73 Å². The quantitative estimate of drug-likeness (QED) is 0.673. The Hall–Kier alpha value is -1.19. The number of nitrogens with two attached hydrogens (primary N) is 1. The van der Waals surface area contributed by atoms with E-state index in [1.807, 2.05) is 20.8 Å². The van der Waals surface area contributed by atoms with Crippen molar-refractivity contribution in [1.29, 1.82) is 0 Å². The van der Waals surface area contributed by atoms with Gasteiger partial charge in [-0.25, -0.2) is 0 Å². The van der Waals surface area contributed by atoms with E-state index in [0.29, 0.717) is 16.8 Å². The Morgan fingerprint density at radius 3 is 1.94 bits per heavy atom. The Kier molecular flexibility index (Phi) is 2.96. The first-order valence-corrected chi connectivity index (χ1v) is 5.01. The van der Waals surface area contributed by atoms with Gasteiger partial charge in [0.15, 0.2) is 0 Å². The highest BCUT2D eigenvalue weighted by Crippen LogP contribution is 2.37. The topological polar surface area (TPSA) is 26.0 Å². The highest BCUT2D eigenvalue weighted by atomic mass is 19.4. The molecule has 0 heterocycles. The molecule has 16 heavy (non-hydrogen) atoms. The van der Waals surface area contributed by atoms with Gasteiger partial charge in [-0.15, -0.1) is 0 Å². The average Bonchev–Trinajstić information content (AvgIpc) is 2.05. The molecule has 0 amide bonds. The van der Waals surface area contributed by atoms with E-state index >= 15 is 0 Å². The van der Waals surface area contributed by atoms with Crippen LogP contribution in [0.15, 0.2) is 12.1 Å². The fourth-order valence-electron chi connectivity index (χ4n) is 1.58. The number of halogens is 3. The fourth-order valence-corrected chi connectivity index (χ4v) is 1.58. The van der Waals surface area contributed by atoms with E-state index in [-0.39, 0.29) is 0 Å². The van der Waals surface area contributed by atoms with Gasteiger partial charge in [-0.2, -0.15) is 13.2 Å². The van der Waals surface area contributed by atoms with Crippen LogP contribution < -0.4 is 5.73 Å². The minimum Gasteiger partial charge on any atom is -0.398 e. The summed E-state index contributed by atoms with van der Waals surface area (Å²) in [6.45, 7) is 7.13. The first-order valence-electron chi connectivity index (χ1n) is 5.01. The van der Waals surface area contributed by atoms with Crippen molar-refractivity contribution < 1.29 is 13.2 Å². The largest absolute Gasteiger partial charge is 0.416 e. The third-order valence-corrected chi connectivity index (χ3v) is 2.52. The van der Waals surface area contributed by atoms with Crippen molar-refractivity contribution >= 4 is 5.69 Å². The second-order valence-corrected chi connectivity index (χ2v) is 5.00. The molecule has 0 aliphatic carbocycles. The summed E-state index contributed by atoms with van der Waals surface area (Å²) in [5.41, 5.74) is 6.24. The third-order valence-electron chi connectivity index (χ3n) is 2.52. The summed E-state index contributed by atoms with van der Waals surface area (Å²) < 4.78 is 37.9. The molecule has 0 aliphatic heterocycles. The zero-order valence-corrected chi connectivity index (χ0v) is 9.87. The summed E-state index contributed by atoms with van der Waals surface area (Å²) in [5.74, 6) is 0. The SMILES string of the molecule is Cc1cc(C(F)(F)F)cc(C(C)(C)C)c1N. The highest BCUT2D eigenvalue weighted by molar-refractivity contribution is 5.58. The number of nitrogen functional groups attached to an aromatic ring is 1. The molecule has 1 aromatic carbocycles. The molecular formula is C12H16F3N. The van der Waals surface area contributed by atoms with Gasteiger partial charge in [0, 0.05) is 5.69 Å². The molecule has 90 valence electrons. The van der Waals surface area contributed by atoms with Crippen LogP contribution in [0.25, 0.3) is 0 Å². The van der Waals surface area contributed by atoms with Crippen LogP contribution in [0.2, 0.25) is 0 Å². The Balaban J connectivity index is 3.46. The van der Waals surface area contributed by atoms with Gasteiger partial charge in [-0.05, 0) is 35.6 Å². The van der Waals surface area contributed by atoms with Crippen LogP contribution >= 0.6 is 0 Å². The molecule has 1 rings (SSSR count). The Bertz CT molecular complexity index is 400. The lowest BCUT2D eigenvalue weighted by Gasteiger charge is -2.24. The summed E-state index contributed by atoms with van der Waals surface area (Å²) in [6, 6.07) is 2.23. The molecular weight excluding hydrogens is 215 g/mol. The number of anilines is 1. The first-order chi connectivity index (χ1) is 7.03. The minimum absolute atomic E-state index is 0.393. The monoisotopic (exact) mass is 231 g/mol. The third kappa shape index (κ3) is 2.49. The molecule has 0 atom stereocenters. The molecule has 0 saturated heterocycles. The van der Waals surface area contributed by atoms with E-state index in [0.717, 1.165) is 12.1 Å². The smallest absolute Gasteiger partial charge is 0.398 e. The molecule has 0 aliphatic rings. The Labute approximate surface area is 93.5 Å². The second kappa shape index (κ2) is 3.68. The van der Waals surface area contributed by atoms with Crippen molar-refractivity contribution in [3.05, 3.63) is 28.8 Å². The van der Waals surface area contributed by atoms with Crippen LogP contribution in [0, 0.1) is 6.92 Å². The van der Waals surface area contributed by atoms with E-state index in [2.05, 4.69) is 0 Å². The van der Waals surface area contributed by atoms with Crippen LogP contribution in [0.4, 0.5) is 18.9 Å². The summed E-state index contributed by atoms with van der Waals surface area (Å²) in [7, 11) is 0. The zero-order chi connectivity index (χ0) is 12.7. The molecule has 1 nitrogen and oxygen atoms in total. The molecule has 0 fully saturated rings. The molecule has 1 aromatic rings. The number of hydrogen-bond donors (Lipinski definition) is 1. The molecule has 0 saturated carbocycles. The highest BCUT2D eigenvalue weighted by Gasteiger charge is 2.33. The number of rotatable bonds is 0. The predicted octanol–water partition coefficient (Wildman–Crippen LogP) is 3.89. The van der Waals surface area contributed by atoms with Gasteiger partial charge in [0.2, 0.25) is 0 Å². The molecule has 2 N–H and O–H groups in total. The summed E-state index contributed by atoms with van der Waals surface area (Å²) in [5, 5.41) is 0. The summed E-state index contributed by atoms with van der Waals surface area (Å²) in [6.07, 6.45) is -4.32. The Morgan fingerprint density at radius 2 is 1.56 bits per heavy atom. The van der Waals surface area contributed by atoms with E-state index < -0.39 is 17.2 Å². The summed E-state index contributed by atoms with van der Waals surface area (Å²) in [4.78, 5) is 0. The summed E-state index contributed by atoms with van der Waals surface area (Å²) >= 11 is 0. The maximum absolute atomic E-state index is 12.6. The van der Waals surface area contributed by atoms with Crippen LogP contribution in [0.3, 0.4) is 0 Å². The van der Waals surface area contributed by atoms with Crippen LogP contribution in [0.5, 0.6) is 0 Å². The van der Waals surface area contributed by atoms with Crippen molar-refractivity contribution in [2.45, 2.75) is 39.3 Å². The van der Waals surface area contributed by atoms with Crippen molar-refractivity contribution in [2.24, 2.45) is 0 Å². The van der Waals surface area contributed by atoms with Crippen LogP contribution in [0.1, 0.15) is 37.5 Å². The van der Waals surface area contributed by atoms with Gasteiger partial charge in [-0.1, -0.05) is 20.8 Å². The van der Waals surface area contributed by atoms with Gasteiger partial charge in [0.05, 0.1) is 5.56 Å². The normalized spacial score (nSPS) is 12.9. The van der Waals surface area contributed by atoms with E-state index in [9.17, 15) is 13.2 Å². The van der Waals surface area contributed by atoms with E-state index in [1.165, 1.54) is 0 Å². The molecule has 0 spiro atoms. The van der Waals surface area contributed by atoms with Crippen LogP contribution in [-0.4, -0.2) is 0 Å². The predicted molar refractivity (Wildman–Crippen MR) is 59.3 cm³/mol. The Morgan fingerprint density at radius 1 is 1.06 bits per heavy atom. The molecule has 0 aromatic heterocycles. The standard InChI is InChI=1S/C12H16F3N/c1-7-5-8(12(13,14)15)6-9(10(7)16)11(2,3)4/h5-6H,16H2,1-4H3. The van der Waals surface area contributed by atoms with E-state index in [1.54, 1.807) is 6.92 Å². The van der Waals surface area contributed by atoms with Gasteiger partial charge in [0.25, 0.3) is 0 Å². The first kappa shape index (κ1) is 12.9. The van der Waals surface area contributed by atoms with Gasteiger partial charge in [-0.3, -0.25) is 0 Å². The van der Waals surface area contributed by atoms with Crippen LogP contribution in [-0.2, 0) is 11.6 Å². The maximum Gasteiger partial charge on any atom is 0.416 e. The minimum atomic E-state index is -4.32. The molecule has 4 heteroatoms. The lowest BCUT2D eigenvalue weighted by atomic mass is 9.83. The molecule has 0 unspecified atom stereocenters. The zero-order valence-electron chi connectivity index (χ0n) is 9.87. The molecule has 0 bridgehead atoms. The van der Waals surface area contributed by atoms with Crippen molar-refractivity contribution in [3.63, 3.8) is 0 Å². The molecule has 0 radical (unpaired) electrons. The van der Waals surface area contributed by atoms with Crippen molar-refractivity contribution in [1.82, 2.24) is 0 Å². The van der Waals surface area contributed by atoms with Gasteiger partial charge >= 0.3 is 6.18 Å².